The van der Waals surface area contributed by atoms with Gasteiger partial charge in [-0.25, -0.2) is 0 Å². The Hall–Kier alpha value is -3.32. The Bertz CT molecular complexity index is 1220. The van der Waals surface area contributed by atoms with Crippen molar-refractivity contribution in [2.24, 2.45) is 0 Å². The zero-order chi connectivity index (χ0) is 21.5. The molecule has 2 N–H and O–H groups in total. The molecular weight excluding hydrogens is 402 g/mol. The first-order valence-electron chi connectivity index (χ1n) is 9.47. The summed E-state index contributed by atoms with van der Waals surface area (Å²) in [5.41, 5.74) is 3.25. The van der Waals surface area contributed by atoms with E-state index in [1.165, 1.54) is 4.63 Å². The SMILES string of the molecule is COc1ccc(C(=O)Nc2cccc(-c3nn4nc(C(C)(C)C)c(Cl)c4[nH]3)c2)cc1. The van der Waals surface area contributed by atoms with Crippen LogP contribution in [0.1, 0.15) is 36.8 Å². The van der Waals surface area contributed by atoms with Crippen LogP contribution in [-0.4, -0.2) is 32.8 Å². The highest BCUT2D eigenvalue weighted by molar-refractivity contribution is 6.34. The fourth-order valence-corrected chi connectivity index (χ4v) is 3.54. The first kappa shape index (κ1) is 20.0. The Labute approximate surface area is 179 Å². The first-order chi connectivity index (χ1) is 14.3. The minimum absolute atomic E-state index is 0.183. The van der Waals surface area contributed by atoms with Gasteiger partial charge < -0.3 is 15.0 Å². The summed E-state index contributed by atoms with van der Waals surface area (Å²) in [6.45, 7) is 6.16. The van der Waals surface area contributed by atoms with Crippen molar-refractivity contribution in [3.8, 4) is 17.1 Å². The molecule has 0 atom stereocenters. The van der Waals surface area contributed by atoms with Gasteiger partial charge in [-0.05, 0) is 36.4 Å². The van der Waals surface area contributed by atoms with Gasteiger partial charge in [0, 0.05) is 22.2 Å². The molecule has 2 aromatic heterocycles. The average molecular weight is 424 g/mol. The van der Waals surface area contributed by atoms with Crippen molar-refractivity contribution < 1.29 is 9.53 Å². The summed E-state index contributed by atoms with van der Waals surface area (Å²) < 4.78 is 6.64. The third-order valence-electron chi connectivity index (χ3n) is 4.70. The fraction of sp³-hybridized carbons (Fsp3) is 0.227. The standard InChI is InChI=1S/C22H22ClN5O2/c1-22(2,3)18-17(23)20-25-19(27-28(20)26-18)14-6-5-7-15(12-14)24-21(29)13-8-10-16(30-4)11-9-13/h5-12H,1-4H3,(H,24,29)(H,25,27). The van der Waals surface area contributed by atoms with Crippen LogP contribution < -0.4 is 10.1 Å². The van der Waals surface area contributed by atoms with Crippen LogP contribution >= 0.6 is 11.6 Å². The second-order valence-corrected chi connectivity index (χ2v) is 8.37. The number of methoxy groups -OCH3 is 1. The predicted octanol–water partition coefficient (Wildman–Crippen LogP) is 4.94. The number of anilines is 1. The van der Waals surface area contributed by atoms with E-state index in [9.17, 15) is 4.79 Å². The van der Waals surface area contributed by atoms with Gasteiger partial charge in [0.25, 0.3) is 5.91 Å². The van der Waals surface area contributed by atoms with Crippen molar-refractivity contribution in [1.82, 2.24) is 19.8 Å². The molecule has 1 amide bonds. The maximum Gasteiger partial charge on any atom is 0.255 e. The quantitative estimate of drug-likeness (QED) is 0.487. The molecule has 2 heterocycles. The number of hydrogen-bond acceptors (Lipinski definition) is 4. The lowest BCUT2D eigenvalue weighted by Crippen LogP contribution is -2.13. The summed E-state index contributed by atoms with van der Waals surface area (Å²) in [4.78, 5) is 15.8. The van der Waals surface area contributed by atoms with Gasteiger partial charge in [0.2, 0.25) is 0 Å². The number of ether oxygens (including phenoxy) is 1. The molecule has 0 aliphatic heterocycles. The zero-order valence-electron chi connectivity index (χ0n) is 17.2. The molecule has 0 unspecified atom stereocenters. The fourth-order valence-electron chi connectivity index (χ4n) is 3.10. The Morgan fingerprint density at radius 2 is 1.87 bits per heavy atom. The number of halogens is 1. The molecule has 0 saturated heterocycles. The lowest BCUT2D eigenvalue weighted by atomic mass is 9.92. The summed E-state index contributed by atoms with van der Waals surface area (Å²) in [6, 6.07) is 14.4. The van der Waals surface area contributed by atoms with Crippen molar-refractivity contribution in [2.75, 3.05) is 12.4 Å². The number of carbonyl (C=O) groups excluding carboxylic acids is 1. The van der Waals surface area contributed by atoms with E-state index in [0.717, 1.165) is 11.3 Å². The van der Waals surface area contributed by atoms with Crippen LogP contribution in [0.2, 0.25) is 5.02 Å². The highest BCUT2D eigenvalue weighted by Gasteiger charge is 2.25. The molecule has 30 heavy (non-hydrogen) atoms. The number of H-pyrrole nitrogens is 1. The summed E-state index contributed by atoms with van der Waals surface area (Å²) >= 11 is 6.51. The Morgan fingerprint density at radius 1 is 1.13 bits per heavy atom. The Balaban J connectivity index is 1.59. The van der Waals surface area contributed by atoms with Gasteiger partial charge in [0.1, 0.15) is 10.8 Å². The van der Waals surface area contributed by atoms with Gasteiger partial charge in [-0.1, -0.05) is 44.5 Å². The highest BCUT2D eigenvalue weighted by atomic mass is 35.5. The van der Waals surface area contributed by atoms with Gasteiger partial charge in [-0.3, -0.25) is 4.79 Å². The number of rotatable bonds is 4. The number of carbonyl (C=O) groups is 1. The van der Waals surface area contributed by atoms with Crippen LogP contribution in [0, 0.1) is 0 Å². The summed E-state index contributed by atoms with van der Waals surface area (Å²) in [7, 11) is 1.59. The number of amides is 1. The molecule has 2 aromatic carbocycles. The molecule has 4 aromatic rings. The molecule has 4 rings (SSSR count). The number of benzene rings is 2. The molecule has 0 saturated carbocycles. The molecule has 8 heteroatoms. The normalized spacial score (nSPS) is 11.6. The number of nitrogens with one attached hydrogen (secondary N) is 2. The van der Waals surface area contributed by atoms with E-state index in [1.54, 1.807) is 31.4 Å². The van der Waals surface area contributed by atoms with Crippen LogP contribution in [0.15, 0.2) is 48.5 Å². The van der Waals surface area contributed by atoms with Crippen LogP contribution in [-0.2, 0) is 5.41 Å². The summed E-state index contributed by atoms with van der Waals surface area (Å²) in [5.74, 6) is 1.10. The second-order valence-electron chi connectivity index (χ2n) is 7.99. The first-order valence-corrected chi connectivity index (χ1v) is 9.85. The van der Waals surface area contributed by atoms with Crippen molar-refractivity contribution in [3.05, 3.63) is 64.8 Å². The summed E-state index contributed by atoms with van der Waals surface area (Å²) in [5, 5.41) is 12.5. The second kappa shape index (κ2) is 7.50. The molecule has 0 aliphatic rings. The molecule has 154 valence electrons. The molecule has 0 spiro atoms. The lowest BCUT2D eigenvalue weighted by Gasteiger charge is -2.14. The van der Waals surface area contributed by atoms with E-state index in [1.807, 2.05) is 24.3 Å². The third kappa shape index (κ3) is 3.76. The van der Waals surface area contributed by atoms with Crippen LogP contribution in [0.3, 0.4) is 0 Å². The van der Waals surface area contributed by atoms with Crippen molar-refractivity contribution >= 4 is 28.8 Å². The number of fused-ring (bicyclic) bond motifs is 1. The van der Waals surface area contributed by atoms with Gasteiger partial charge >= 0.3 is 0 Å². The largest absolute Gasteiger partial charge is 0.497 e. The maximum absolute atomic E-state index is 12.5. The van der Waals surface area contributed by atoms with Gasteiger partial charge in [-0.2, -0.15) is 5.10 Å². The van der Waals surface area contributed by atoms with Crippen LogP contribution in [0.25, 0.3) is 17.0 Å². The van der Waals surface area contributed by atoms with E-state index in [0.29, 0.717) is 33.5 Å². The van der Waals surface area contributed by atoms with Crippen molar-refractivity contribution in [2.45, 2.75) is 26.2 Å². The lowest BCUT2D eigenvalue weighted by molar-refractivity contribution is 0.102. The number of aromatic nitrogens is 4. The average Bonchev–Trinajstić information content (AvgIpc) is 3.28. The van der Waals surface area contributed by atoms with E-state index in [2.05, 4.69) is 41.3 Å². The Morgan fingerprint density at radius 3 is 2.50 bits per heavy atom. The minimum atomic E-state index is -0.207. The van der Waals surface area contributed by atoms with E-state index < -0.39 is 0 Å². The zero-order valence-corrected chi connectivity index (χ0v) is 17.9. The van der Waals surface area contributed by atoms with Gasteiger partial charge in [0.05, 0.1) is 12.8 Å². The maximum atomic E-state index is 12.5. The molecule has 7 nitrogen and oxygen atoms in total. The van der Waals surface area contributed by atoms with E-state index in [-0.39, 0.29) is 11.3 Å². The topological polar surface area (TPSA) is 84.3 Å². The smallest absolute Gasteiger partial charge is 0.255 e. The van der Waals surface area contributed by atoms with Crippen LogP contribution in [0.4, 0.5) is 5.69 Å². The van der Waals surface area contributed by atoms with Gasteiger partial charge in [-0.15, -0.1) is 9.73 Å². The Kier molecular flexibility index (Phi) is 4.99. The van der Waals surface area contributed by atoms with E-state index in [4.69, 9.17) is 16.3 Å². The predicted molar refractivity (Wildman–Crippen MR) is 117 cm³/mol. The molecule has 0 fully saturated rings. The molecule has 0 bridgehead atoms. The molecule has 0 aliphatic carbocycles. The van der Waals surface area contributed by atoms with Crippen molar-refractivity contribution in [1.29, 1.82) is 0 Å². The third-order valence-corrected chi connectivity index (χ3v) is 5.06. The van der Waals surface area contributed by atoms with E-state index >= 15 is 0 Å². The van der Waals surface area contributed by atoms with Gasteiger partial charge in [0.15, 0.2) is 11.5 Å². The monoisotopic (exact) mass is 423 g/mol. The molecule has 0 radical (unpaired) electrons. The van der Waals surface area contributed by atoms with Crippen molar-refractivity contribution in [3.63, 3.8) is 0 Å². The molecular formula is C22H22ClN5O2. The number of nitrogens with zero attached hydrogens (tertiary/aromatic N) is 3. The summed E-state index contributed by atoms with van der Waals surface area (Å²) in [6.07, 6.45) is 0. The highest BCUT2D eigenvalue weighted by Crippen LogP contribution is 2.32. The minimum Gasteiger partial charge on any atom is -0.497 e. The van der Waals surface area contributed by atoms with Crippen LogP contribution in [0.5, 0.6) is 5.75 Å². The number of aromatic amines is 1. The number of hydrogen-bond donors (Lipinski definition) is 2.